The minimum absolute atomic E-state index is 0.0805. The Labute approximate surface area is 173 Å². The van der Waals surface area contributed by atoms with E-state index in [4.69, 9.17) is 10.7 Å². The summed E-state index contributed by atoms with van der Waals surface area (Å²) >= 11 is 0. The Bertz CT molecular complexity index is 1160. The van der Waals surface area contributed by atoms with Crippen molar-refractivity contribution in [1.29, 1.82) is 0 Å². The Kier molecular flexibility index (Phi) is 7.34. The zero-order chi connectivity index (χ0) is 21.7. The lowest BCUT2D eigenvalue weighted by Crippen LogP contribution is -2.13. The van der Waals surface area contributed by atoms with Crippen LogP contribution in [-0.4, -0.2) is 21.8 Å². The van der Waals surface area contributed by atoms with E-state index in [0.29, 0.717) is 0 Å². The van der Waals surface area contributed by atoms with Gasteiger partial charge in [-0.2, -0.15) is 0 Å². The molecule has 0 amide bonds. The van der Waals surface area contributed by atoms with E-state index >= 15 is 0 Å². The van der Waals surface area contributed by atoms with Crippen LogP contribution in [0.25, 0.3) is 0 Å². The lowest BCUT2D eigenvalue weighted by Gasteiger charge is -2.07. The number of rotatable bonds is 4. The summed E-state index contributed by atoms with van der Waals surface area (Å²) in [5, 5.41) is 0. The molecule has 29 heavy (non-hydrogen) atoms. The third-order valence-corrected chi connectivity index (χ3v) is 6.34. The van der Waals surface area contributed by atoms with Crippen LogP contribution in [0.4, 0.5) is 10.2 Å². The van der Waals surface area contributed by atoms with Crippen molar-refractivity contribution < 1.29 is 21.2 Å². The molecular formula is C19H18ClFN2O4S2. The average molecular weight is 457 g/mol. The topological polar surface area (TPSA) is 93.2 Å². The molecule has 3 aromatic rings. The molecule has 0 atom stereocenters. The van der Waals surface area contributed by atoms with Gasteiger partial charge in [-0.15, -0.1) is 0 Å². The van der Waals surface area contributed by atoms with Gasteiger partial charge in [0.05, 0.1) is 16.0 Å². The van der Waals surface area contributed by atoms with Crippen molar-refractivity contribution in [1.82, 2.24) is 4.98 Å². The zero-order valence-electron chi connectivity index (χ0n) is 15.5. The van der Waals surface area contributed by atoms with Crippen LogP contribution in [0.2, 0.25) is 0 Å². The molecule has 0 aliphatic heterocycles. The smallest absolute Gasteiger partial charge is 0.263 e. The van der Waals surface area contributed by atoms with Crippen molar-refractivity contribution in [2.24, 2.45) is 0 Å². The first-order valence-corrected chi connectivity index (χ1v) is 12.0. The first-order chi connectivity index (χ1) is 13.5. The van der Waals surface area contributed by atoms with Crippen LogP contribution in [-0.2, 0) is 19.1 Å². The third kappa shape index (κ3) is 7.12. The second-order valence-corrected chi connectivity index (χ2v) is 10.3. The SMILES string of the molecule is Cc1ccc(S(=O)(=O)Cl)cc1.Cc1ccc(S(=O)(=O)Nc2ccc(F)cn2)cc1. The Morgan fingerprint density at radius 2 is 1.28 bits per heavy atom. The summed E-state index contributed by atoms with van der Waals surface area (Å²) in [7, 11) is -2.14. The maximum absolute atomic E-state index is 12.6. The molecule has 2 aromatic carbocycles. The van der Waals surface area contributed by atoms with Crippen LogP contribution in [0.15, 0.2) is 76.7 Å². The summed E-state index contributed by atoms with van der Waals surface area (Å²) in [4.78, 5) is 3.92. The number of benzene rings is 2. The molecule has 3 rings (SSSR count). The third-order valence-electron chi connectivity index (χ3n) is 3.60. The molecule has 0 bridgehead atoms. The van der Waals surface area contributed by atoms with Crippen molar-refractivity contribution >= 4 is 35.6 Å². The highest BCUT2D eigenvalue weighted by Crippen LogP contribution is 2.15. The highest BCUT2D eigenvalue weighted by molar-refractivity contribution is 8.13. The van der Waals surface area contributed by atoms with Crippen molar-refractivity contribution in [2.45, 2.75) is 23.6 Å². The van der Waals surface area contributed by atoms with Crippen LogP contribution in [0.3, 0.4) is 0 Å². The molecule has 0 radical (unpaired) electrons. The quantitative estimate of drug-likeness (QED) is 0.592. The number of nitrogens with zero attached hydrogens (tertiary/aromatic N) is 1. The monoisotopic (exact) mass is 456 g/mol. The molecule has 0 aliphatic carbocycles. The van der Waals surface area contributed by atoms with Crippen molar-refractivity contribution in [3.63, 3.8) is 0 Å². The molecule has 154 valence electrons. The van der Waals surface area contributed by atoms with Crippen LogP contribution in [0.5, 0.6) is 0 Å². The number of pyridine rings is 1. The van der Waals surface area contributed by atoms with Crippen molar-refractivity contribution in [3.05, 3.63) is 83.8 Å². The number of aryl methyl sites for hydroxylation is 2. The van der Waals surface area contributed by atoms with Crippen molar-refractivity contribution in [2.75, 3.05) is 4.72 Å². The Morgan fingerprint density at radius 1 is 0.793 bits per heavy atom. The van der Waals surface area contributed by atoms with Gasteiger partial charge >= 0.3 is 0 Å². The number of sulfonamides is 1. The first-order valence-electron chi connectivity index (χ1n) is 8.20. The molecule has 0 unspecified atom stereocenters. The van der Waals surface area contributed by atoms with E-state index in [9.17, 15) is 21.2 Å². The fourth-order valence-corrected chi connectivity index (χ4v) is 3.83. The van der Waals surface area contributed by atoms with E-state index < -0.39 is 24.9 Å². The molecule has 0 aliphatic rings. The van der Waals surface area contributed by atoms with Gasteiger partial charge in [-0.3, -0.25) is 4.72 Å². The minimum Gasteiger partial charge on any atom is -0.263 e. The Balaban J connectivity index is 0.000000234. The van der Waals surface area contributed by atoms with E-state index in [1.807, 2.05) is 13.8 Å². The van der Waals surface area contributed by atoms with Crippen LogP contribution < -0.4 is 4.72 Å². The molecule has 10 heteroatoms. The largest absolute Gasteiger partial charge is 0.263 e. The summed E-state index contributed by atoms with van der Waals surface area (Å²) in [5.41, 5.74) is 1.97. The van der Waals surface area contributed by atoms with E-state index in [0.717, 1.165) is 23.4 Å². The second-order valence-electron chi connectivity index (χ2n) is 6.03. The van der Waals surface area contributed by atoms with Gasteiger partial charge in [-0.05, 0) is 50.2 Å². The second kappa shape index (κ2) is 9.34. The van der Waals surface area contributed by atoms with Gasteiger partial charge < -0.3 is 0 Å². The summed E-state index contributed by atoms with van der Waals surface area (Å²) in [6, 6.07) is 15.2. The lowest BCUT2D eigenvalue weighted by molar-refractivity contribution is 0.600. The highest BCUT2D eigenvalue weighted by Gasteiger charge is 2.14. The lowest BCUT2D eigenvalue weighted by atomic mass is 10.2. The molecule has 1 N–H and O–H groups in total. The normalized spacial score (nSPS) is 11.3. The van der Waals surface area contributed by atoms with E-state index in [-0.39, 0.29) is 15.6 Å². The number of aromatic nitrogens is 1. The van der Waals surface area contributed by atoms with Gasteiger partial charge in [0.15, 0.2) is 0 Å². The van der Waals surface area contributed by atoms with Gasteiger partial charge in [0.2, 0.25) is 0 Å². The molecule has 0 spiro atoms. The molecule has 6 nitrogen and oxygen atoms in total. The Hall–Kier alpha value is -2.49. The molecule has 0 saturated carbocycles. The summed E-state index contributed by atoms with van der Waals surface area (Å²) < 4.78 is 60.2. The molecule has 1 heterocycles. The fourth-order valence-electron chi connectivity index (χ4n) is 2.05. The number of halogens is 2. The first kappa shape index (κ1) is 22.8. The van der Waals surface area contributed by atoms with Crippen LogP contribution >= 0.6 is 10.7 Å². The number of hydrogen-bond acceptors (Lipinski definition) is 5. The van der Waals surface area contributed by atoms with E-state index in [1.165, 1.54) is 30.3 Å². The molecule has 1 aromatic heterocycles. The maximum Gasteiger partial charge on any atom is 0.263 e. The van der Waals surface area contributed by atoms with Crippen molar-refractivity contribution in [3.8, 4) is 0 Å². The van der Waals surface area contributed by atoms with Gasteiger partial charge in [0.25, 0.3) is 19.1 Å². The van der Waals surface area contributed by atoms with Gasteiger partial charge in [-0.25, -0.2) is 26.2 Å². The molecule has 0 saturated heterocycles. The van der Waals surface area contributed by atoms with E-state index in [2.05, 4.69) is 9.71 Å². The number of hydrogen-bond donors (Lipinski definition) is 1. The standard InChI is InChI=1S/C12H11FN2O2S.C7H7ClO2S/c1-9-2-5-11(6-3-9)18(16,17)15-12-7-4-10(13)8-14-12;1-6-2-4-7(5-3-6)11(8,9)10/h2-8H,1H3,(H,14,15);2-5H,1H3. The van der Waals surface area contributed by atoms with Gasteiger partial charge in [0.1, 0.15) is 11.6 Å². The van der Waals surface area contributed by atoms with Gasteiger partial charge in [0, 0.05) is 10.7 Å². The molecular weight excluding hydrogens is 439 g/mol. The minimum atomic E-state index is -3.68. The molecule has 0 fully saturated rings. The van der Waals surface area contributed by atoms with Crippen LogP contribution in [0.1, 0.15) is 11.1 Å². The number of nitrogens with one attached hydrogen (secondary N) is 1. The maximum atomic E-state index is 12.6. The highest BCUT2D eigenvalue weighted by atomic mass is 35.7. The number of anilines is 1. The zero-order valence-corrected chi connectivity index (χ0v) is 17.9. The fraction of sp³-hybridized carbons (Fsp3) is 0.105. The summed E-state index contributed by atoms with van der Waals surface area (Å²) in [5.74, 6) is -0.440. The van der Waals surface area contributed by atoms with Gasteiger partial charge in [-0.1, -0.05) is 35.4 Å². The Morgan fingerprint density at radius 3 is 1.69 bits per heavy atom. The van der Waals surface area contributed by atoms with E-state index in [1.54, 1.807) is 24.3 Å². The summed E-state index contributed by atoms with van der Waals surface area (Å²) in [6.45, 7) is 3.75. The predicted octanol–water partition coefficient (Wildman–Crippen LogP) is 4.25. The van der Waals surface area contributed by atoms with Crippen LogP contribution in [0, 0.1) is 19.7 Å². The predicted molar refractivity (Wildman–Crippen MR) is 110 cm³/mol. The summed E-state index contributed by atoms with van der Waals surface area (Å²) in [6.07, 6.45) is 0.951. The average Bonchev–Trinajstić information content (AvgIpc) is 2.64.